The van der Waals surface area contributed by atoms with Crippen molar-refractivity contribution in [3.8, 4) is 10.7 Å². The number of hydrogen-bond donors (Lipinski definition) is 2. The third kappa shape index (κ3) is 4.42. The van der Waals surface area contributed by atoms with E-state index in [1.807, 2.05) is 30.3 Å². The van der Waals surface area contributed by atoms with Gasteiger partial charge in [-0.1, -0.05) is 18.2 Å². The fraction of sp³-hybridized carbons (Fsp3) is 0.111. The van der Waals surface area contributed by atoms with Gasteiger partial charge in [-0.2, -0.15) is 0 Å². The van der Waals surface area contributed by atoms with Crippen molar-refractivity contribution in [1.29, 1.82) is 0 Å². The molecule has 0 saturated heterocycles. The average Bonchev–Trinajstić information content (AvgIpc) is 3.18. The second-order valence-electron chi connectivity index (χ2n) is 5.25. The summed E-state index contributed by atoms with van der Waals surface area (Å²) < 4.78 is 4.53. The first kappa shape index (κ1) is 17.6. The van der Waals surface area contributed by atoms with Crippen LogP contribution in [-0.2, 0) is 11.3 Å². The van der Waals surface area contributed by atoms with E-state index in [4.69, 9.17) is 0 Å². The van der Waals surface area contributed by atoms with Crippen LogP contribution >= 0.6 is 11.3 Å². The van der Waals surface area contributed by atoms with Gasteiger partial charge in [0, 0.05) is 23.8 Å². The van der Waals surface area contributed by atoms with Gasteiger partial charge in [0.05, 0.1) is 12.8 Å². The van der Waals surface area contributed by atoms with E-state index in [1.165, 1.54) is 18.4 Å². The quantitative estimate of drug-likeness (QED) is 0.721. The zero-order valence-electron chi connectivity index (χ0n) is 13.9. The minimum Gasteiger partial charge on any atom is -0.453 e. The normalized spacial score (nSPS) is 10.2. The lowest BCUT2D eigenvalue weighted by atomic mass is 10.2. The number of aromatic nitrogens is 2. The molecule has 132 valence electrons. The number of methoxy groups -OCH3 is 1. The average molecular weight is 368 g/mol. The Morgan fingerprint density at radius 3 is 2.65 bits per heavy atom. The second-order valence-corrected chi connectivity index (χ2v) is 6.11. The number of nitrogens with one attached hydrogen (secondary N) is 2. The van der Waals surface area contributed by atoms with Crippen LogP contribution in [0.1, 0.15) is 16.1 Å². The molecule has 1 aromatic carbocycles. The van der Waals surface area contributed by atoms with Gasteiger partial charge < -0.3 is 10.1 Å². The summed E-state index contributed by atoms with van der Waals surface area (Å²) in [5.74, 6) is -0.250. The zero-order chi connectivity index (χ0) is 18.4. The number of ether oxygens (including phenoxy) is 1. The van der Waals surface area contributed by atoms with Crippen molar-refractivity contribution in [2.45, 2.75) is 6.54 Å². The molecule has 26 heavy (non-hydrogen) atoms. The largest absolute Gasteiger partial charge is 0.453 e. The number of carbonyl (C=O) groups excluding carboxylic acids is 2. The predicted octanol–water partition coefficient (Wildman–Crippen LogP) is 3.31. The van der Waals surface area contributed by atoms with E-state index in [0.717, 1.165) is 11.3 Å². The van der Waals surface area contributed by atoms with Crippen LogP contribution in [-0.4, -0.2) is 29.1 Å². The molecule has 2 N–H and O–H groups in total. The maximum absolute atomic E-state index is 12.3. The lowest BCUT2D eigenvalue weighted by Gasteiger charge is -2.06. The van der Waals surface area contributed by atoms with Gasteiger partial charge in [0.1, 0.15) is 10.7 Å². The fourth-order valence-corrected chi connectivity index (χ4v) is 2.91. The summed E-state index contributed by atoms with van der Waals surface area (Å²) in [5, 5.41) is 7.80. The molecule has 3 rings (SSSR count). The van der Waals surface area contributed by atoms with Crippen LogP contribution in [0.5, 0.6) is 0 Å². The van der Waals surface area contributed by atoms with Crippen molar-refractivity contribution >= 4 is 29.0 Å². The number of pyridine rings is 1. The Kier molecular flexibility index (Phi) is 5.55. The molecule has 7 nitrogen and oxygen atoms in total. The lowest BCUT2D eigenvalue weighted by Crippen LogP contribution is -2.23. The molecular formula is C18H16N4O3S. The topological polar surface area (TPSA) is 93.2 Å². The lowest BCUT2D eigenvalue weighted by molar-refractivity contribution is 0.0946. The van der Waals surface area contributed by atoms with Crippen molar-refractivity contribution in [1.82, 2.24) is 15.3 Å². The molecule has 0 bridgehead atoms. The number of carbonyl (C=O) groups is 2. The summed E-state index contributed by atoms with van der Waals surface area (Å²) in [6.07, 6.45) is 1.16. The van der Waals surface area contributed by atoms with Crippen LogP contribution in [0.25, 0.3) is 10.7 Å². The minimum atomic E-state index is -0.529. The van der Waals surface area contributed by atoms with Gasteiger partial charge in [-0.15, -0.1) is 11.3 Å². The van der Waals surface area contributed by atoms with Crippen molar-refractivity contribution in [2.75, 3.05) is 12.4 Å². The SMILES string of the molecule is COC(=O)Nc1ccc(CNC(=O)c2csc(-c3ccccn3)n2)cc1. The highest BCUT2D eigenvalue weighted by molar-refractivity contribution is 7.13. The number of anilines is 1. The van der Waals surface area contributed by atoms with Gasteiger partial charge in [-0.05, 0) is 29.8 Å². The first-order valence-electron chi connectivity index (χ1n) is 7.75. The Morgan fingerprint density at radius 1 is 1.15 bits per heavy atom. The van der Waals surface area contributed by atoms with Crippen LogP contribution in [0, 0.1) is 0 Å². The molecule has 0 atom stereocenters. The third-order valence-corrected chi connectivity index (χ3v) is 4.32. The van der Waals surface area contributed by atoms with Gasteiger partial charge >= 0.3 is 6.09 Å². The zero-order valence-corrected chi connectivity index (χ0v) is 14.7. The van der Waals surface area contributed by atoms with E-state index in [0.29, 0.717) is 22.9 Å². The fourth-order valence-electron chi connectivity index (χ4n) is 2.13. The highest BCUT2D eigenvalue weighted by atomic mass is 32.1. The van der Waals surface area contributed by atoms with Gasteiger partial charge in [-0.25, -0.2) is 9.78 Å². The molecule has 2 amide bonds. The maximum Gasteiger partial charge on any atom is 0.411 e. The van der Waals surface area contributed by atoms with Crippen molar-refractivity contribution in [3.05, 3.63) is 65.3 Å². The Hall–Kier alpha value is -3.26. The van der Waals surface area contributed by atoms with E-state index in [9.17, 15) is 9.59 Å². The molecular weight excluding hydrogens is 352 g/mol. The summed E-state index contributed by atoms with van der Waals surface area (Å²) >= 11 is 1.38. The number of amides is 2. The maximum atomic E-state index is 12.3. The Bertz CT molecular complexity index is 894. The first-order valence-corrected chi connectivity index (χ1v) is 8.62. The van der Waals surface area contributed by atoms with Gasteiger partial charge in [0.2, 0.25) is 0 Å². The van der Waals surface area contributed by atoms with Crippen molar-refractivity contribution in [3.63, 3.8) is 0 Å². The predicted molar refractivity (Wildman–Crippen MR) is 99.0 cm³/mol. The summed E-state index contributed by atoms with van der Waals surface area (Å²) in [5.41, 5.74) is 2.62. The Labute approximate surface area is 154 Å². The molecule has 8 heteroatoms. The molecule has 3 aromatic rings. The molecule has 0 saturated carbocycles. The van der Waals surface area contributed by atoms with E-state index < -0.39 is 6.09 Å². The molecule has 0 aliphatic heterocycles. The van der Waals surface area contributed by atoms with E-state index in [-0.39, 0.29) is 5.91 Å². The van der Waals surface area contributed by atoms with Crippen LogP contribution in [0.4, 0.5) is 10.5 Å². The molecule has 0 radical (unpaired) electrons. The summed E-state index contributed by atoms with van der Waals surface area (Å²) in [7, 11) is 1.30. The molecule has 2 aromatic heterocycles. The van der Waals surface area contributed by atoms with Crippen LogP contribution < -0.4 is 10.6 Å². The summed E-state index contributed by atoms with van der Waals surface area (Å²) in [6, 6.07) is 12.7. The van der Waals surface area contributed by atoms with E-state index in [2.05, 4.69) is 25.3 Å². The van der Waals surface area contributed by atoms with E-state index >= 15 is 0 Å². The Morgan fingerprint density at radius 2 is 1.96 bits per heavy atom. The summed E-state index contributed by atoms with van der Waals surface area (Å²) in [6.45, 7) is 0.355. The molecule has 0 unspecified atom stereocenters. The third-order valence-electron chi connectivity index (χ3n) is 3.46. The van der Waals surface area contributed by atoms with Gasteiger partial charge in [0.25, 0.3) is 5.91 Å². The number of nitrogens with zero attached hydrogens (tertiary/aromatic N) is 2. The van der Waals surface area contributed by atoms with Crippen molar-refractivity contribution in [2.24, 2.45) is 0 Å². The molecule has 0 aliphatic carbocycles. The number of hydrogen-bond acceptors (Lipinski definition) is 6. The van der Waals surface area contributed by atoms with Gasteiger partial charge in [0.15, 0.2) is 0 Å². The number of benzene rings is 1. The van der Waals surface area contributed by atoms with E-state index in [1.54, 1.807) is 23.7 Å². The highest BCUT2D eigenvalue weighted by Crippen LogP contribution is 2.21. The highest BCUT2D eigenvalue weighted by Gasteiger charge is 2.12. The molecule has 2 heterocycles. The molecule has 0 fully saturated rings. The Balaban J connectivity index is 1.57. The van der Waals surface area contributed by atoms with Crippen LogP contribution in [0.3, 0.4) is 0 Å². The standard InChI is InChI=1S/C18H16N4O3S/c1-25-18(24)21-13-7-5-12(6-8-13)10-20-16(23)15-11-26-17(22-15)14-4-2-3-9-19-14/h2-9,11H,10H2,1H3,(H,20,23)(H,21,24). The first-order chi connectivity index (χ1) is 12.7. The molecule has 0 aliphatic rings. The van der Waals surface area contributed by atoms with Crippen molar-refractivity contribution < 1.29 is 14.3 Å². The summed E-state index contributed by atoms with van der Waals surface area (Å²) in [4.78, 5) is 32.0. The smallest absolute Gasteiger partial charge is 0.411 e. The number of rotatable bonds is 5. The monoisotopic (exact) mass is 368 g/mol. The second kappa shape index (κ2) is 8.21. The minimum absolute atomic E-state index is 0.250. The van der Waals surface area contributed by atoms with Crippen LogP contribution in [0.2, 0.25) is 0 Å². The number of thiazole rings is 1. The molecule has 0 spiro atoms. The van der Waals surface area contributed by atoms with Gasteiger partial charge in [-0.3, -0.25) is 15.1 Å². The van der Waals surface area contributed by atoms with Crippen LogP contribution in [0.15, 0.2) is 54.0 Å².